The molecule has 2 rings (SSSR count). The Bertz CT molecular complexity index is 598. The van der Waals surface area contributed by atoms with Gasteiger partial charge in [0.2, 0.25) is 0 Å². The number of carboxylic acid groups (broad SMARTS) is 1. The van der Waals surface area contributed by atoms with E-state index in [0.29, 0.717) is 11.5 Å². The Hall–Kier alpha value is -2.02. The van der Waals surface area contributed by atoms with E-state index < -0.39 is 5.97 Å². The number of hydrogen-bond acceptors (Lipinski definition) is 5. The van der Waals surface area contributed by atoms with Crippen molar-refractivity contribution < 1.29 is 14.6 Å². The molecule has 0 radical (unpaired) electrons. The number of hydrogen-bond donors (Lipinski definition) is 1. The molecule has 1 heterocycles. The molecule has 7 heteroatoms. The Morgan fingerprint density at radius 3 is 2.89 bits per heavy atom. The normalized spacial score (nSPS) is 10.4. The number of rotatable bonds is 5. The van der Waals surface area contributed by atoms with Gasteiger partial charge in [-0.2, -0.15) is 0 Å². The van der Waals surface area contributed by atoms with Crippen LogP contribution in [-0.4, -0.2) is 33.0 Å². The smallest absolute Gasteiger partial charge is 0.339 e. The predicted molar refractivity (Wildman–Crippen MR) is 70.5 cm³/mol. The number of ether oxygens (including phenoxy) is 1. The van der Waals surface area contributed by atoms with Crippen molar-refractivity contribution in [1.82, 2.24) is 14.8 Å². The molecule has 0 bridgehead atoms. The molecule has 0 aliphatic carbocycles. The molecule has 0 aliphatic heterocycles. The summed E-state index contributed by atoms with van der Waals surface area (Å²) in [5.41, 5.74) is 1.06. The molecule has 1 aromatic carbocycles. The van der Waals surface area contributed by atoms with Crippen molar-refractivity contribution in [2.75, 3.05) is 7.11 Å². The fraction of sp³-hybridized carbons (Fsp3) is 0.250. The monoisotopic (exact) mass is 279 g/mol. The van der Waals surface area contributed by atoms with Gasteiger partial charge in [0, 0.05) is 12.8 Å². The summed E-state index contributed by atoms with van der Waals surface area (Å²) < 4.78 is 6.83. The van der Waals surface area contributed by atoms with Crippen LogP contribution in [0.2, 0.25) is 0 Å². The maximum Gasteiger partial charge on any atom is 0.339 e. The highest BCUT2D eigenvalue weighted by Gasteiger charge is 2.12. The van der Waals surface area contributed by atoms with Gasteiger partial charge in [0.1, 0.15) is 17.6 Å². The van der Waals surface area contributed by atoms with E-state index in [2.05, 4.69) is 10.2 Å². The minimum atomic E-state index is -0.998. The van der Waals surface area contributed by atoms with E-state index in [1.165, 1.54) is 18.9 Å². The van der Waals surface area contributed by atoms with Gasteiger partial charge in [-0.1, -0.05) is 17.8 Å². The maximum atomic E-state index is 11.1. The van der Waals surface area contributed by atoms with Crippen molar-refractivity contribution in [3.8, 4) is 5.75 Å². The van der Waals surface area contributed by atoms with Gasteiger partial charge in [-0.05, 0) is 17.7 Å². The number of aromatic carboxylic acids is 1. The van der Waals surface area contributed by atoms with E-state index >= 15 is 0 Å². The topological polar surface area (TPSA) is 77.2 Å². The molecular weight excluding hydrogens is 266 g/mol. The van der Waals surface area contributed by atoms with Gasteiger partial charge in [-0.25, -0.2) is 4.79 Å². The third kappa shape index (κ3) is 3.05. The van der Waals surface area contributed by atoms with Crippen LogP contribution in [0.1, 0.15) is 15.9 Å². The molecule has 0 amide bonds. The summed E-state index contributed by atoms with van der Waals surface area (Å²) in [6, 6.07) is 5.12. The Morgan fingerprint density at radius 2 is 2.32 bits per heavy atom. The minimum absolute atomic E-state index is 0.165. The van der Waals surface area contributed by atoms with E-state index in [0.717, 1.165) is 10.7 Å². The lowest BCUT2D eigenvalue weighted by Gasteiger charge is -2.07. The minimum Gasteiger partial charge on any atom is -0.496 e. The molecule has 0 saturated heterocycles. The largest absolute Gasteiger partial charge is 0.496 e. The molecular formula is C12H13N3O3S. The lowest BCUT2D eigenvalue weighted by Crippen LogP contribution is -2.01. The highest BCUT2D eigenvalue weighted by molar-refractivity contribution is 7.98. The number of thioether (sulfide) groups is 1. The van der Waals surface area contributed by atoms with Crippen molar-refractivity contribution in [2.24, 2.45) is 7.05 Å². The summed E-state index contributed by atoms with van der Waals surface area (Å²) in [7, 11) is 3.31. The van der Waals surface area contributed by atoms with Crippen LogP contribution in [0.15, 0.2) is 29.7 Å². The Kier molecular flexibility index (Phi) is 4.06. The van der Waals surface area contributed by atoms with Gasteiger partial charge in [0.25, 0.3) is 0 Å². The van der Waals surface area contributed by atoms with Crippen molar-refractivity contribution in [2.45, 2.75) is 10.9 Å². The second-order valence-electron chi connectivity index (χ2n) is 3.85. The second-order valence-corrected chi connectivity index (χ2v) is 4.80. The zero-order valence-electron chi connectivity index (χ0n) is 10.5. The summed E-state index contributed by atoms with van der Waals surface area (Å²) in [5.74, 6) is -0.0150. The average Bonchev–Trinajstić information content (AvgIpc) is 2.81. The fourth-order valence-corrected chi connectivity index (χ4v) is 2.39. The molecule has 6 nitrogen and oxygen atoms in total. The summed E-state index contributed by atoms with van der Waals surface area (Å²) in [6.45, 7) is 0. The first kappa shape index (κ1) is 13.4. The quantitative estimate of drug-likeness (QED) is 0.841. The van der Waals surface area contributed by atoms with Crippen molar-refractivity contribution in [3.63, 3.8) is 0 Å². The van der Waals surface area contributed by atoms with E-state index in [-0.39, 0.29) is 5.56 Å². The first-order valence-corrected chi connectivity index (χ1v) is 6.47. The first-order valence-electron chi connectivity index (χ1n) is 5.49. The molecule has 2 aromatic rings. The standard InChI is InChI=1S/C12H13N3O3S/c1-15-7-13-14-12(15)19-6-8-3-4-10(18-2)9(5-8)11(16)17/h3-5,7H,6H2,1-2H3,(H,16,17). The van der Waals surface area contributed by atoms with Gasteiger partial charge in [-0.3, -0.25) is 0 Å². The number of carbonyl (C=O) groups is 1. The van der Waals surface area contributed by atoms with E-state index in [1.807, 2.05) is 17.7 Å². The summed E-state index contributed by atoms with van der Waals surface area (Å²) >= 11 is 1.50. The van der Waals surface area contributed by atoms with Gasteiger partial charge in [-0.15, -0.1) is 10.2 Å². The molecule has 0 aliphatic rings. The van der Waals surface area contributed by atoms with Crippen LogP contribution in [0.25, 0.3) is 0 Å². The number of benzene rings is 1. The molecule has 0 fully saturated rings. The van der Waals surface area contributed by atoms with Crippen LogP contribution < -0.4 is 4.74 Å². The number of carboxylic acids is 1. The zero-order valence-corrected chi connectivity index (χ0v) is 11.3. The van der Waals surface area contributed by atoms with Gasteiger partial charge in [0.15, 0.2) is 5.16 Å². The maximum absolute atomic E-state index is 11.1. The highest BCUT2D eigenvalue weighted by atomic mass is 32.2. The summed E-state index contributed by atoms with van der Waals surface area (Å²) in [6.07, 6.45) is 1.62. The van der Waals surface area contributed by atoms with E-state index in [1.54, 1.807) is 18.5 Å². The molecule has 0 saturated carbocycles. The van der Waals surface area contributed by atoms with Crippen LogP contribution >= 0.6 is 11.8 Å². The number of nitrogens with zero attached hydrogens (tertiary/aromatic N) is 3. The van der Waals surface area contributed by atoms with Crippen LogP contribution in [0.4, 0.5) is 0 Å². The first-order chi connectivity index (χ1) is 9.11. The Morgan fingerprint density at radius 1 is 1.53 bits per heavy atom. The number of aromatic nitrogens is 3. The van der Waals surface area contributed by atoms with Crippen LogP contribution in [0.3, 0.4) is 0 Å². The third-order valence-electron chi connectivity index (χ3n) is 2.53. The lowest BCUT2D eigenvalue weighted by molar-refractivity contribution is 0.0693. The van der Waals surface area contributed by atoms with Gasteiger partial charge in [0.05, 0.1) is 7.11 Å². The van der Waals surface area contributed by atoms with Crippen molar-refractivity contribution in [3.05, 3.63) is 35.7 Å². The highest BCUT2D eigenvalue weighted by Crippen LogP contribution is 2.24. The molecule has 19 heavy (non-hydrogen) atoms. The Balaban J connectivity index is 2.15. The third-order valence-corrected chi connectivity index (χ3v) is 3.64. The molecule has 1 N–H and O–H groups in total. The average molecular weight is 279 g/mol. The van der Waals surface area contributed by atoms with Gasteiger partial charge >= 0.3 is 5.97 Å². The number of aryl methyl sites for hydroxylation is 1. The summed E-state index contributed by atoms with van der Waals surface area (Å²) in [4.78, 5) is 11.1. The summed E-state index contributed by atoms with van der Waals surface area (Å²) in [5, 5.41) is 17.6. The zero-order chi connectivity index (χ0) is 13.8. The SMILES string of the molecule is COc1ccc(CSc2nncn2C)cc1C(=O)O. The van der Waals surface area contributed by atoms with E-state index in [9.17, 15) is 4.79 Å². The fourth-order valence-electron chi connectivity index (χ4n) is 1.56. The predicted octanol–water partition coefficient (Wildman–Crippen LogP) is 1.81. The molecule has 1 aromatic heterocycles. The van der Waals surface area contributed by atoms with Crippen molar-refractivity contribution >= 4 is 17.7 Å². The van der Waals surface area contributed by atoms with Crippen molar-refractivity contribution in [1.29, 1.82) is 0 Å². The second kappa shape index (κ2) is 5.75. The van der Waals surface area contributed by atoms with Crippen LogP contribution in [0.5, 0.6) is 5.75 Å². The lowest BCUT2D eigenvalue weighted by atomic mass is 10.1. The van der Waals surface area contributed by atoms with E-state index in [4.69, 9.17) is 9.84 Å². The van der Waals surface area contributed by atoms with Gasteiger partial charge < -0.3 is 14.4 Å². The molecule has 0 spiro atoms. The molecule has 0 atom stereocenters. The molecule has 100 valence electrons. The number of methoxy groups -OCH3 is 1. The van der Waals surface area contributed by atoms with Crippen LogP contribution in [-0.2, 0) is 12.8 Å². The Labute approximate surface area is 114 Å². The van der Waals surface area contributed by atoms with Crippen LogP contribution in [0, 0.1) is 0 Å². The molecule has 0 unspecified atom stereocenters.